The van der Waals surface area contributed by atoms with Gasteiger partial charge in [0.1, 0.15) is 0 Å². The van der Waals surface area contributed by atoms with Crippen LogP contribution in [-0.2, 0) is 4.84 Å². The molecule has 1 aromatic rings. The molecule has 0 fully saturated rings. The van der Waals surface area contributed by atoms with Crippen LogP contribution in [0.2, 0.25) is 0 Å². The number of carbonyl (C=O) groups excluding carboxylic acids is 1. The molecule has 1 aromatic heterocycles. The van der Waals surface area contributed by atoms with Crippen LogP contribution in [-0.4, -0.2) is 29.5 Å². The lowest BCUT2D eigenvalue weighted by atomic mass is 10.2. The van der Waals surface area contributed by atoms with Crippen LogP contribution in [0.5, 0.6) is 0 Å². The SMILES string of the molecule is CON(C)C(=O)c1csnc1C. The number of hydrogen-bond donors (Lipinski definition) is 0. The third-order valence-electron chi connectivity index (χ3n) is 1.54. The molecular weight excluding hydrogens is 176 g/mol. The highest BCUT2D eigenvalue weighted by molar-refractivity contribution is 7.03. The Labute approximate surface area is 74.9 Å². The Morgan fingerprint density at radius 1 is 1.75 bits per heavy atom. The van der Waals surface area contributed by atoms with E-state index in [2.05, 4.69) is 4.37 Å². The summed E-state index contributed by atoms with van der Waals surface area (Å²) in [5, 5.41) is 2.89. The van der Waals surface area contributed by atoms with Crippen LogP contribution in [0, 0.1) is 6.92 Å². The van der Waals surface area contributed by atoms with Gasteiger partial charge < -0.3 is 0 Å². The van der Waals surface area contributed by atoms with E-state index in [-0.39, 0.29) is 5.91 Å². The van der Waals surface area contributed by atoms with E-state index in [0.717, 1.165) is 5.69 Å². The molecule has 0 saturated heterocycles. The Balaban J connectivity index is 2.85. The molecule has 0 aliphatic carbocycles. The predicted molar refractivity (Wildman–Crippen MR) is 46.0 cm³/mol. The monoisotopic (exact) mass is 186 g/mol. The number of hydrogen-bond acceptors (Lipinski definition) is 4. The van der Waals surface area contributed by atoms with Gasteiger partial charge >= 0.3 is 0 Å². The Hall–Kier alpha value is -0.940. The minimum absolute atomic E-state index is 0.163. The van der Waals surface area contributed by atoms with Crippen molar-refractivity contribution >= 4 is 17.4 Å². The average molecular weight is 186 g/mol. The molecule has 66 valence electrons. The summed E-state index contributed by atoms with van der Waals surface area (Å²) >= 11 is 1.27. The topological polar surface area (TPSA) is 42.4 Å². The standard InChI is InChI=1S/C7H10N2O2S/c1-5-6(4-12-8-5)7(10)9(2)11-3/h4H,1-3H3. The molecule has 1 rings (SSSR count). The zero-order valence-electron chi connectivity index (χ0n) is 7.20. The average Bonchev–Trinajstić information content (AvgIpc) is 2.48. The van der Waals surface area contributed by atoms with E-state index in [1.807, 2.05) is 0 Å². The third kappa shape index (κ3) is 1.62. The van der Waals surface area contributed by atoms with Crippen molar-refractivity contribution in [3.05, 3.63) is 16.6 Å². The maximum absolute atomic E-state index is 11.4. The second-order valence-corrected chi connectivity index (χ2v) is 2.93. The van der Waals surface area contributed by atoms with Gasteiger partial charge in [-0.25, -0.2) is 5.06 Å². The van der Waals surface area contributed by atoms with Crippen molar-refractivity contribution in [1.29, 1.82) is 0 Å². The summed E-state index contributed by atoms with van der Waals surface area (Å²) < 4.78 is 3.99. The van der Waals surface area contributed by atoms with E-state index in [1.165, 1.54) is 23.7 Å². The molecule has 0 atom stereocenters. The first kappa shape index (κ1) is 9.15. The molecule has 0 aliphatic rings. The lowest BCUT2D eigenvalue weighted by Gasteiger charge is -2.12. The first-order valence-corrected chi connectivity index (χ1v) is 4.23. The molecule has 5 heteroatoms. The molecule has 0 radical (unpaired) electrons. The number of amides is 1. The van der Waals surface area contributed by atoms with Gasteiger partial charge in [0.15, 0.2) is 0 Å². The smallest absolute Gasteiger partial charge is 0.274 e. The normalized spacial score (nSPS) is 9.92. The molecule has 1 heterocycles. The zero-order chi connectivity index (χ0) is 9.14. The van der Waals surface area contributed by atoms with Crippen LogP contribution in [0.4, 0.5) is 0 Å². The largest absolute Gasteiger partial charge is 0.279 e. The van der Waals surface area contributed by atoms with Crippen molar-refractivity contribution in [2.24, 2.45) is 0 Å². The van der Waals surface area contributed by atoms with Crippen LogP contribution in [0.1, 0.15) is 16.1 Å². The van der Waals surface area contributed by atoms with Gasteiger partial charge in [-0.3, -0.25) is 9.63 Å². The van der Waals surface area contributed by atoms with Gasteiger partial charge in [0.25, 0.3) is 5.91 Å². The second kappa shape index (κ2) is 3.64. The van der Waals surface area contributed by atoms with E-state index in [1.54, 1.807) is 19.4 Å². The van der Waals surface area contributed by atoms with Crippen molar-refractivity contribution in [1.82, 2.24) is 9.44 Å². The number of carbonyl (C=O) groups is 1. The van der Waals surface area contributed by atoms with Crippen LogP contribution in [0.3, 0.4) is 0 Å². The van der Waals surface area contributed by atoms with Crippen molar-refractivity contribution in [2.45, 2.75) is 6.92 Å². The lowest BCUT2D eigenvalue weighted by Crippen LogP contribution is -2.25. The van der Waals surface area contributed by atoms with Gasteiger partial charge in [0.05, 0.1) is 18.4 Å². The molecule has 12 heavy (non-hydrogen) atoms. The fraction of sp³-hybridized carbons (Fsp3) is 0.429. The van der Waals surface area contributed by atoms with Gasteiger partial charge in [-0.05, 0) is 18.5 Å². The van der Waals surface area contributed by atoms with E-state index in [9.17, 15) is 4.79 Å². The minimum Gasteiger partial charge on any atom is -0.274 e. The quantitative estimate of drug-likeness (QED) is 0.649. The summed E-state index contributed by atoms with van der Waals surface area (Å²) in [6.45, 7) is 1.80. The van der Waals surface area contributed by atoms with Gasteiger partial charge in [-0.15, -0.1) is 0 Å². The fourth-order valence-electron chi connectivity index (χ4n) is 0.750. The number of nitrogens with zero attached hydrogens (tertiary/aromatic N) is 2. The van der Waals surface area contributed by atoms with E-state index in [0.29, 0.717) is 5.56 Å². The molecule has 0 saturated carbocycles. The summed E-state index contributed by atoms with van der Waals surface area (Å²) in [6.07, 6.45) is 0. The molecule has 0 bridgehead atoms. The molecular formula is C7H10N2O2S. The fourth-order valence-corrected chi connectivity index (χ4v) is 1.44. The third-order valence-corrected chi connectivity index (χ3v) is 2.26. The highest BCUT2D eigenvalue weighted by atomic mass is 32.1. The zero-order valence-corrected chi connectivity index (χ0v) is 8.01. The van der Waals surface area contributed by atoms with E-state index >= 15 is 0 Å². The highest BCUT2D eigenvalue weighted by Gasteiger charge is 2.15. The minimum atomic E-state index is -0.163. The molecule has 4 nitrogen and oxygen atoms in total. The summed E-state index contributed by atoms with van der Waals surface area (Å²) in [4.78, 5) is 16.2. The maximum atomic E-state index is 11.4. The predicted octanol–water partition coefficient (Wildman–Crippen LogP) is 1.08. The number of aromatic nitrogens is 1. The second-order valence-electron chi connectivity index (χ2n) is 2.30. The van der Waals surface area contributed by atoms with Crippen molar-refractivity contribution in [3.63, 3.8) is 0 Å². The summed E-state index contributed by atoms with van der Waals surface area (Å²) in [7, 11) is 3.02. The molecule has 0 spiro atoms. The number of hydroxylamine groups is 2. The number of rotatable bonds is 2. The molecule has 1 amide bonds. The Morgan fingerprint density at radius 3 is 2.83 bits per heavy atom. The summed E-state index contributed by atoms with van der Waals surface area (Å²) in [5.74, 6) is -0.163. The molecule has 0 aromatic carbocycles. The van der Waals surface area contributed by atoms with Crippen LogP contribution in [0.15, 0.2) is 5.38 Å². The van der Waals surface area contributed by atoms with Gasteiger partial charge in [0, 0.05) is 12.4 Å². The Kier molecular flexibility index (Phi) is 2.78. The first-order valence-electron chi connectivity index (χ1n) is 3.40. The van der Waals surface area contributed by atoms with Crippen molar-refractivity contribution in [3.8, 4) is 0 Å². The van der Waals surface area contributed by atoms with Crippen LogP contribution < -0.4 is 0 Å². The Morgan fingerprint density at radius 2 is 2.42 bits per heavy atom. The molecule has 0 aliphatic heterocycles. The lowest BCUT2D eigenvalue weighted by molar-refractivity contribution is -0.0757. The number of aryl methyl sites for hydroxylation is 1. The maximum Gasteiger partial charge on any atom is 0.279 e. The van der Waals surface area contributed by atoms with E-state index in [4.69, 9.17) is 4.84 Å². The van der Waals surface area contributed by atoms with Crippen molar-refractivity contribution in [2.75, 3.05) is 14.2 Å². The van der Waals surface area contributed by atoms with Crippen LogP contribution in [0.25, 0.3) is 0 Å². The Bertz CT molecular complexity index is 285. The van der Waals surface area contributed by atoms with Gasteiger partial charge in [0.2, 0.25) is 0 Å². The van der Waals surface area contributed by atoms with E-state index < -0.39 is 0 Å². The summed E-state index contributed by atoms with van der Waals surface area (Å²) in [5.41, 5.74) is 1.35. The molecule has 0 unspecified atom stereocenters. The molecule has 0 N–H and O–H groups in total. The summed E-state index contributed by atoms with van der Waals surface area (Å²) in [6, 6.07) is 0. The van der Waals surface area contributed by atoms with Gasteiger partial charge in [-0.2, -0.15) is 4.37 Å². The first-order chi connectivity index (χ1) is 5.66. The van der Waals surface area contributed by atoms with Crippen molar-refractivity contribution < 1.29 is 9.63 Å². The van der Waals surface area contributed by atoms with Gasteiger partial charge in [-0.1, -0.05) is 0 Å². The highest BCUT2D eigenvalue weighted by Crippen LogP contribution is 2.11. The van der Waals surface area contributed by atoms with Crippen LogP contribution >= 0.6 is 11.5 Å².